The fourth-order valence-corrected chi connectivity index (χ4v) is 2.65. The van der Waals surface area contributed by atoms with Crippen LogP contribution in [0.2, 0.25) is 0 Å². The van der Waals surface area contributed by atoms with Crippen molar-refractivity contribution >= 4 is 11.8 Å². The summed E-state index contributed by atoms with van der Waals surface area (Å²) in [5.41, 5.74) is -0.607. The Bertz CT molecular complexity index is 347. The highest BCUT2D eigenvalue weighted by atomic mass is 16.2. The first kappa shape index (κ1) is 10.1. The van der Waals surface area contributed by atoms with Crippen LogP contribution in [0.3, 0.4) is 0 Å². The highest BCUT2D eigenvalue weighted by Gasteiger charge is 2.52. The van der Waals surface area contributed by atoms with Crippen LogP contribution in [0.1, 0.15) is 32.6 Å². The number of carbonyl (C=O) groups excluding carboxylic acids is 2. The number of nitrogens with zero attached hydrogens (tertiary/aromatic N) is 1. The van der Waals surface area contributed by atoms with Gasteiger partial charge in [0.25, 0.3) is 0 Å². The van der Waals surface area contributed by atoms with Crippen LogP contribution < -0.4 is 5.32 Å². The first-order valence-corrected chi connectivity index (χ1v) is 6.20. The van der Waals surface area contributed by atoms with Gasteiger partial charge in [0.05, 0.1) is 6.54 Å². The van der Waals surface area contributed by atoms with Gasteiger partial charge in [0.1, 0.15) is 5.54 Å². The second-order valence-electron chi connectivity index (χ2n) is 5.65. The lowest BCUT2D eigenvalue weighted by Gasteiger charge is -2.40. The van der Waals surface area contributed by atoms with E-state index >= 15 is 0 Å². The van der Waals surface area contributed by atoms with Crippen molar-refractivity contribution in [2.45, 2.75) is 38.1 Å². The molecule has 3 aliphatic rings. The van der Waals surface area contributed by atoms with Crippen LogP contribution in [0.15, 0.2) is 0 Å². The maximum absolute atomic E-state index is 12.3. The number of carbonyl (C=O) groups is 2. The Balaban J connectivity index is 1.78. The fraction of sp³-hybridized carbons (Fsp3) is 0.833. The first-order chi connectivity index (χ1) is 7.59. The maximum atomic E-state index is 12.3. The highest BCUT2D eigenvalue weighted by Crippen LogP contribution is 2.42. The predicted octanol–water partition coefficient (Wildman–Crippen LogP) is 0.523. The van der Waals surface area contributed by atoms with Crippen LogP contribution in [0.4, 0.5) is 0 Å². The quantitative estimate of drug-likeness (QED) is 0.757. The molecule has 1 heterocycles. The second kappa shape index (κ2) is 3.22. The molecule has 2 saturated carbocycles. The van der Waals surface area contributed by atoms with E-state index in [1.54, 1.807) is 4.90 Å². The summed E-state index contributed by atoms with van der Waals surface area (Å²) in [5, 5.41) is 2.90. The monoisotopic (exact) mass is 222 g/mol. The Kier molecular flexibility index (Phi) is 2.03. The zero-order valence-electron chi connectivity index (χ0n) is 9.66. The third-order valence-electron chi connectivity index (χ3n) is 4.03. The van der Waals surface area contributed by atoms with Crippen LogP contribution in [0.5, 0.6) is 0 Å². The van der Waals surface area contributed by atoms with Crippen LogP contribution in [-0.4, -0.2) is 35.3 Å². The van der Waals surface area contributed by atoms with Gasteiger partial charge in [-0.05, 0) is 44.4 Å². The molecule has 1 saturated heterocycles. The number of piperazine rings is 1. The molecule has 4 heteroatoms. The number of rotatable bonds is 3. The Morgan fingerprint density at radius 2 is 2.00 bits per heavy atom. The maximum Gasteiger partial charge on any atom is 0.248 e. The third-order valence-corrected chi connectivity index (χ3v) is 4.03. The Morgan fingerprint density at radius 1 is 1.31 bits per heavy atom. The lowest BCUT2D eigenvalue weighted by atomic mass is 9.91. The van der Waals surface area contributed by atoms with E-state index in [-0.39, 0.29) is 18.4 Å². The third kappa shape index (κ3) is 1.60. The predicted molar refractivity (Wildman–Crippen MR) is 58.6 cm³/mol. The largest absolute Gasteiger partial charge is 0.340 e. The van der Waals surface area contributed by atoms with Gasteiger partial charge in [0.2, 0.25) is 11.8 Å². The van der Waals surface area contributed by atoms with E-state index in [1.165, 1.54) is 12.8 Å². The zero-order valence-corrected chi connectivity index (χ0v) is 9.66. The molecule has 1 atom stereocenters. The van der Waals surface area contributed by atoms with Gasteiger partial charge >= 0.3 is 0 Å². The van der Waals surface area contributed by atoms with Gasteiger partial charge in [-0.25, -0.2) is 0 Å². The van der Waals surface area contributed by atoms with Crippen LogP contribution in [0.25, 0.3) is 0 Å². The number of amides is 2. The molecule has 0 spiro atoms. The minimum absolute atomic E-state index is 0.00894. The normalized spacial score (nSPS) is 35.2. The topological polar surface area (TPSA) is 49.4 Å². The lowest BCUT2D eigenvalue weighted by molar-refractivity contribution is -0.150. The summed E-state index contributed by atoms with van der Waals surface area (Å²) in [5.74, 6) is 1.17. The van der Waals surface area contributed by atoms with Gasteiger partial charge in [0.15, 0.2) is 0 Å². The Labute approximate surface area is 95.4 Å². The second-order valence-corrected chi connectivity index (χ2v) is 5.65. The average molecular weight is 222 g/mol. The first-order valence-electron chi connectivity index (χ1n) is 6.20. The standard InChI is InChI=1S/C12H18N2O2/c1-12(9-4-5-9)11(16)14(6-8-2-3-8)7-10(15)13-12/h8-9H,2-7H2,1H3,(H,13,15). The molecule has 2 aliphatic carbocycles. The molecule has 4 nitrogen and oxygen atoms in total. The van der Waals surface area contributed by atoms with Gasteiger partial charge in [-0.15, -0.1) is 0 Å². The molecule has 3 fully saturated rings. The summed E-state index contributed by atoms with van der Waals surface area (Å²) in [6, 6.07) is 0. The molecule has 0 aromatic heterocycles. The van der Waals surface area contributed by atoms with Crippen LogP contribution in [-0.2, 0) is 9.59 Å². The van der Waals surface area contributed by atoms with Crippen molar-refractivity contribution in [3.8, 4) is 0 Å². The van der Waals surface area contributed by atoms with Gasteiger partial charge in [-0.1, -0.05) is 0 Å². The van der Waals surface area contributed by atoms with E-state index in [0.29, 0.717) is 11.8 Å². The highest BCUT2D eigenvalue weighted by molar-refractivity contribution is 5.98. The molecule has 0 aromatic rings. The SMILES string of the molecule is CC1(C2CC2)NC(=O)CN(CC2CC2)C1=O. The lowest BCUT2D eigenvalue weighted by Crippen LogP contribution is -2.66. The van der Waals surface area contributed by atoms with E-state index in [4.69, 9.17) is 0 Å². The van der Waals surface area contributed by atoms with Crippen molar-refractivity contribution in [1.82, 2.24) is 10.2 Å². The molecule has 1 unspecified atom stereocenters. The number of nitrogens with one attached hydrogen (secondary N) is 1. The van der Waals surface area contributed by atoms with Gasteiger partial charge in [-0.2, -0.15) is 0 Å². The molecule has 0 bridgehead atoms. The molecular formula is C12H18N2O2. The van der Waals surface area contributed by atoms with Crippen LogP contribution in [0, 0.1) is 11.8 Å². The van der Waals surface area contributed by atoms with Crippen molar-refractivity contribution < 1.29 is 9.59 Å². The van der Waals surface area contributed by atoms with Gasteiger partial charge < -0.3 is 10.2 Å². The van der Waals surface area contributed by atoms with Crippen molar-refractivity contribution in [1.29, 1.82) is 0 Å². The molecule has 0 radical (unpaired) electrons. The van der Waals surface area contributed by atoms with Crippen molar-refractivity contribution in [2.75, 3.05) is 13.1 Å². The van der Waals surface area contributed by atoms with E-state index < -0.39 is 5.54 Å². The summed E-state index contributed by atoms with van der Waals surface area (Å²) in [6.45, 7) is 2.94. The van der Waals surface area contributed by atoms with Gasteiger partial charge in [-0.3, -0.25) is 9.59 Å². The summed E-state index contributed by atoms with van der Waals surface area (Å²) in [6.07, 6.45) is 4.57. The van der Waals surface area contributed by atoms with Gasteiger partial charge in [0, 0.05) is 6.54 Å². The van der Waals surface area contributed by atoms with E-state index in [1.807, 2.05) is 6.92 Å². The van der Waals surface area contributed by atoms with Crippen molar-refractivity contribution in [3.05, 3.63) is 0 Å². The molecule has 2 amide bonds. The van der Waals surface area contributed by atoms with E-state index in [9.17, 15) is 9.59 Å². The minimum atomic E-state index is -0.607. The number of hydrogen-bond donors (Lipinski definition) is 1. The minimum Gasteiger partial charge on any atom is -0.340 e. The molecule has 0 aromatic carbocycles. The van der Waals surface area contributed by atoms with Crippen molar-refractivity contribution in [3.63, 3.8) is 0 Å². The van der Waals surface area contributed by atoms with E-state index in [0.717, 1.165) is 19.4 Å². The summed E-state index contributed by atoms with van der Waals surface area (Å²) in [7, 11) is 0. The average Bonchev–Trinajstić information content (AvgIpc) is 3.04. The zero-order chi connectivity index (χ0) is 11.3. The summed E-state index contributed by atoms with van der Waals surface area (Å²) < 4.78 is 0. The smallest absolute Gasteiger partial charge is 0.248 e. The molecule has 88 valence electrons. The summed E-state index contributed by atoms with van der Waals surface area (Å²) >= 11 is 0. The van der Waals surface area contributed by atoms with E-state index in [2.05, 4.69) is 5.32 Å². The molecule has 1 aliphatic heterocycles. The fourth-order valence-electron chi connectivity index (χ4n) is 2.65. The van der Waals surface area contributed by atoms with Crippen molar-refractivity contribution in [2.24, 2.45) is 11.8 Å². The summed E-state index contributed by atoms with van der Waals surface area (Å²) in [4.78, 5) is 25.8. The van der Waals surface area contributed by atoms with Crippen LogP contribution >= 0.6 is 0 Å². The molecular weight excluding hydrogens is 204 g/mol. The number of hydrogen-bond acceptors (Lipinski definition) is 2. The molecule has 16 heavy (non-hydrogen) atoms. The molecule has 1 N–H and O–H groups in total. The molecule has 3 rings (SSSR count). The Morgan fingerprint density at radius 3 is 2.56 bits per heavy atom. The Hall–Kier alpha value is -1.06.